The maximum atomic E-state index is 14.5. The van der Waals surface area contributed by atoms with Gasteiger partial charge in [0.1, 0.15) is 5.82 Å². The summed E-state index contributed by atoms with van der Waals surface area (Å²) in [4.78, 5) is 16.3. The van der Waals surface area contributed by atoms with Crippen LogP contribution < -0.4 is 15.8 Å². The molecule has 0 unspecified atom stereocenters. The molecule has 2 aromatic rings. The fourth-order valence-electron chi connectivity index (χ4n) is 2.37. The summed E-state index contributed by atoms with van der Waals surface area (Å²) in [5.74, 6) is -0.536. The number of nitrogens with zero attached hydrogens (tertiary/aromatic N) is 1. The number of pyridine rings is 1. The number of carbonyl (C=O) groups is 1. The molecule has 0 radical (unpaired) electrons. The van der Waals surface area contributed by atoms with Crippen molar-refractivity contribution in [3.8, 4) is 5.75 Å². The smallest absolute Gasteiger partial charge is 0.255 e. The summed E-state index contributed by atoms with van der Waals surface area (Å²) in [6.45, 7) is 4.27. The molecule has 26 heavy (non-hydrogen) atoms. The van der Waals surface area contributed by atoms with E-state index in [2.05, 4.69) is 17.2 Å². The first-order valence-electron chi connectivity index (χ1n) is 8.59. The maximum absolute atomic E-state index is 14.5. The van der Waals surface area contributed by atoms with Crippen molar-refractivity contribution in [1.29, 1.82) is 0 Å². The van der Waals surface area contributed by atoms with E-state index in [-0.39, 0.29) is 23.7 Å². The zero-order valence-electron chi connectivity index (χ0n) is 15.1. The van der Waals surface area contributed by atoms with Gasteiger partial charge in [0.15, 0.2) is 11.6 Å². The first-order valence-corrected chi connectivity index (χ1v) is 8.59. The van der Waals surface area contributed by atoms with E-state index in [4.69, 9.17) is 10.5 Å². The van der Waals surface area contributed by atoms with Crippen LogP contribution >= 0.6 is 0 Å². The number of benzene rings is 1. The molecule has 1 amide bonds. The number of rotatable bonds is 8. The second-order valence-electron chi connectivity index (χ2n) is 5.81. The van der Waals surface area contributed by atoms with E-state index in [1.165, 1.54) is 0 Å². The standard InChI is InChI=1S/C20H24FN3O2/c1-3-4-5-6-12-26-17-9-7-8-15(18(17)21)13-23-20(25)16-11-10-14(2)24-19(16)22/h4-5,7-11H,3,6,12-13H2,1-2H3,(H2,22,24)(H,23,25)/b5-4+. The van der Waals surface area contributed by atoms with Crippen LogP contribution in [-0.4, -0.2) is 17.5 Å². The lowest BCUT2D eigenvalue weighted by Gasteiger charge is -2.11. The van der Waals surface area contributed by atoms with Crippen LogP contribution in [-0.2, 0) is 6.54 Å². The van der Waals surface area contributed by atoms with Gasteiger partial charge in [0.25, 0.3) is 5.91 Å². The van der Waals surface area contributed by atoms with E-state index < -0.39 is 11.7 Å². The summed E-state index contributed by atoms with van der Waals surface area (Å²) in [5, 5.41) is 2.66. The highest BCUT2D eigenvalue weighted by Gasteiger charge is 2.13. The number of halogens is 1. The molecule has 5 nitrogen and oxygen atoms in total. The summed E-state index contributed by atoms with van der Waals surface area (Å²) >= 11 is 0. The minimum absolute atomic E-state index is 0.0327. The van der Waals surface area contributed by atoms with Crippen LogP contribution in [0.4, 0.5) is 10.2 Å². The number of allylic oxidation sites excluding steroid dienone is 1. The van der Waals surface area contributed by atoms with Gasteiger partial charge in [0.05, 0.1) is 12.2 Å². The second-order valence-corrected chi connectivity index (χ2v) is 5.81. The average molecular weight is 357 g/mol. The number of hydrogen-bond donors (Lipinski definition) is 2. The number of nitrogens with one attached hydrogen (secondary N) is 1. The van der Waals surface area contributed by atoms with Crippen molar-refractivity contribution in [2.45, 2.75) is 33.2 Å². The Morgan fingerprint density at radius 2 is 2.12 bits per heavy atom. The summed E-state index contributed by atoms with van der Waals surface area (Å²) in [5.41, 5.74) is 7.10. The van der Waals surface area contributed by atoms with E-state index in [9.17, 15) is 9.18 Å². The molecular weight excluding hydrogens is 333 g/mol. The highest BCUT2D eigenvalue weighted by molar-refractivity contribution is 5.98. The predicted molar refractivity (Wildman–Crippen MR) is 100 cm³/mol. The van der Waals surface area contributed by atoms with Crippen LogP contribution in [0.2, 0.25) is 0 Å². The Kier molecular flexibility index (Phi) is 7.14. The Hall–Kier alpha value is -2.89. The number of amides is 1. The third kappa shape index (κ3) is 5.31. The third-order valence-corrected chi connectivity index (χ3v) is 3.74. The van der Waals surface area contributed by atoms with Crippen molar-refractivity contribution in [3.05, 3.63) is 65.1 Å². The molecule has 1 aromatic carbocycles. The molecule has 138 valence electrons. The zero-order valence-corrected chi connectivity index (χ0v) is 15.1. The van der Waals surface area contributed by atoms with Gasteiger partial charge in [-0.2, -0.15) is 0 Å². The van der Waals surface area contributed by atoms with Gasteiger partial charge >= 0.3 is 0 Å². The molecule has 0 aliphatic heterocycles. The van der Waals surface area contributed by atoms with Gasteiger partial charge in [-0.1, -0.05) is 31.2 Å². The monoisotopic (exact) mass is 357 g/mol. The fraction of sp³-hybridized carbons (Fsp3) is 0.300. The lowest BCUT2D eigenvalue weighted by Crippen LogP contribution is -2.24. The zero-order chi connectivity index (χ0) is 18.9. The van der Waals surface area contributed by atoms with E-state index >= 15 is 0 Å². The van der Waals surface area contributed by atoms with E-state index in [0.29, 0.717) is 18.6 Å². The molecule has 0 fully saturated rings. The number of nitrogens with two attached hydrogens (primary N) is 1. The molecule has 6 heteroatoms. The lowest BCUT2D eigenvalue weighted by molar-refractivity contribution is 0.0951. The molecule has 2 rings (SSSR count). The molecule has 0 saturated carbocycles. The van der Waals surface area contributed by atoms with Gasteiger partial charge in [0, 0.05) is 17.8 Å². The van der Waals surface area contributed by atoms with E-state index in [0.717, 1.165) is 12.1 Å². The summed E-state index contributed by atoms with van der Waals surface area (Å²) < 4.78 is 20.0. The van der Waals surface area contributed by atoms with Gasteiger partial charge in [0.2, 0.25) is 0 Å². The van der Waals surface area contributed by atoms with E-state index in [1.54, 1.807) is 37.3 Å². The molecule has 0 aliphatic rings. The normalized spacial score (nSPS) is 10.9. The van der Waals surface area contributed by atoms with Gasteiger partial charge in [-0.05, 0) is 38.0 Å². The molecular formula is C20H24FN3O2. The molecule has 3 N–H and O–H groups in total. The van der Waals surface area contributed by atoms with Gasteiger partial charge < -0.3 is 15.8 Å². The van der Waals surface area contributed by atoms with Gasteiger partial charge in [-0.15, -0.1) is 0 Å². The number of aromatic nitrogens is 1. The average Bonchev–Trinajstić information content (AvgIpc) is 2.61. The van der Waals surface area contributed by atoms with Crippen LogP contribution in [0, 0.1) is 12.7 Å². The van der Waals surface area contributed by atoms with Gasteiger partial charge in [-0.25, -0.2) is 9.37 Å². The summed E-state index contributed by atoms with van der Waals surface area (Å²) in [7, 11) is 0. The number of aryl methyl sites for hydroxylation is 1. The number of hydrogen-bond acceptors (Lipinski definition) is 4. The van der Waals surface area contributed by atoms with Crippen molar-refractivity contribution in [2.24, 2.45) is 0 Å². The Morgan fingerprint density at radius 1 is 1.31 bits per heavy atom. The van der Waals surface area contributed by atoms with Crippen molar-refractivity contribution >= 4 is 11.7 Å². The Morgan fingerprint density at radius 3 is 2.85 bits per heavy atom. The van der Waals surface area contributed by atoms with Crippen molar-refractivity contribution in [1.82, 2.24) is 10.3 Å². The lowest BCUT2D eigenvalue weighted by atomic mass is 10.1. The SMILES string of the molecule is CC/C=C/CCOc1cccc(CNC(=O)c2ccc(C)nc2N)c1F. The molecule has 0 atom stereocenters. The highest BCUT2D eigenvalue weighted by Crippen LogP contribution is 2.21. The molecule has 0 aliphatic carbocycles. The molecule has 0 bridgehead atoms. The Balaban J connectivity index is 1.97. The molecule has 1 heterocycles. The minimum Gasteiger partial charge on any atom is -0.490 e. The number of anilines is 1. The van der Waals surface area contributed by atoms with Gasteiger partial charge in [-0.3, -0.25) is 4.79 Å². The van der Waals surface area contributed by atoms with Crippen molar-refractivity contribution < 1.29 is 13.9 Å². The largest absolute Gasteiger partial charge is 0.490 e. The minimum atomic E-state index is -0.470. The molecule has 0 spiro atoms. The topological polar surface area (TPSA) is 77.2 Å². The first-order chi connectivity index (χ1) is 12.5. The van der Waals surface area contributed by atoms with Crippen LogP contribution in [0.3, 0.4) is 0 Å². The third-order valence-electron chi connectivity index (χ3n) is 3.74. The van der Waals surface area contributed by atoms with Crippen LogP contribution in [0.5, 0.6) is 5.75 Å². The fourth-order valence-corrected chi connectivity index (χ4v) is 2.37. The predicted octanol–water partition coefficient (Wildman–Crippen LogP) is 3.78. The van der Waals surface area contributed by atoms with Crippen molar-refractivity contribution in [2.75, 3.05) is 12.3 Å². The summed E-state index contributed by atoms with van der Waals surface area (Å²) in [6, 6.07) is 8.19. The number of nitrogen functional groups attached to an aromatic ring is 1. The second kappa shape index (κ2) is 9.56. The molecule has 0 saturated heterocycles. The van der Waals surface area contributed by atoms with Crippen LogP contribution in [0.1, 0.15) is 41.4 Å². The number of ether oxygens (including phenoxy) is 1. The highest BCUT2D eigenvalue weighted by atomic mass is 19.1. The Bertz CT molecular complexity index is 791. The van der Waals surface area contributed by atoms with Crippen LogP contribution in [0.25, 0.3) is 0 Å². The van der Waals surface area contributed by atoms with Crippen LogP contribution in [0.15, 0.2) is 42.5 Å². The number of carbonyl (C=O) groups excluding carboxylic acids is 1. The van der Waals surface area contributed by atoms with Crippen molar-refractivity contribution in [3.63, 3.8) is 0 Å². The molecule has 1 aromatic heterocycles. The Labute approximate surface area is 153 Å². The summed E-state index contributed by atoms with van der Waals surface area (Å²) in [6.07, 6.45) is 5.72. The quantitative estimate of drug-likeness (QED) is 0.557. The first kappa shape index (κ1) is 19.4. The van der Waals surface area contributed by atoms with E-state index in [1.807, 2.05) is 12.2 Å². The maximum Gasteiger partial charge on any atom is 0.255 e.